The Morgan fingerprint density at radius 2 is 2.20 bits per heavy atom. The molecule has 82 valence electrons. The molecule has 0 aliphatic carbocycles. The summed E-state index contributed by atoms with van der Waals surface area (Å²) < 4.78 is 5.11. The number of rotatable bonds is 2. The Morgan fingerprint density at radius 1 is 1.53 bits per heavy atom. The molecular formula is C11H13ClO2S. The summed E-state index contributed by atoms with van der Waals surface area (Å²) in [4.78, 5) is 12.4. The van der Waals surface area contributed by atoms with Crippen LogP contribution < -0.4 is 0 Å². The van der Waals surface area contributed by atoms with Crippen LogP contribution in [-0.4, -0.2) is 11.6 Å². The number of esters is 1. The first-order valence-electron chi connectivity index (χ1n) is 4.52. The van der Waals surface area contributed by atoms with Crippen LogP contribution in [0.3, 0.4) is 0 Å². The van der Waals surface area contributed by atoms with Gasteiger partial charge in [-0.15, -0.1) is 11.3 Å². The molecule has 1 rings (SSSR count). The van der Waals surface area contributed by atoms with Gasteiger partial charge < -0.3 is 4.74 Å². The van der Waals surface area contributed by atoms with E-state index in [1.165, 1.54) is 11.3 Å². The number of thiophene rings is 1. The first-order valence-corrected chi connectivity index (χ1v) is 5.78. The van der Waals surface area contributed by atoms with Gasteiger partial charge in [0.2, 0.25) is 0 Å². The number of carbonyl (C=O) groups excluding carboxylic acids is 1. The Bertz CT molecular complexity index is 360. The lowest BCUT2D eigenvalue weighted by Gasteiger charge is -2.18. The molecule has 0 spiro atoms. The Kier molecular flexibility index (Phi) is 3.94. The highest BCUT2D eigenvalue weighted by Gasteiger charge is 2.18. The van der Waals surface area contributed by atoms with Gasteiger partial charge in [0, 0.05) is 4.88 Å². The van der Waals surface area contributed by atoms with Crippen molar-refractivity contribution in [3.63, 3.8) is 0 Å². The summed E-state index contributed by atoms with van der Waals surface area (Å²) in [7, 11) is 0. The molecule has 2 nitrogen and oxygen atoms in total. The van der Waals surface area contributed by atoms with Crippen molar-refractivity contribution in [1.82, 2.24) is 0 Å². The van der Waals surface area contributed by atoms with Gasteiger partial charge >= 0.3 is 5.97 Å². The molecule has 0 aromatic carbocycles. The average molecular weight is 245 g/mol. The number of hydrogen-bond acceptors (Lipinski definition) is 3. The summed E-state index contributed by atoms with van der Waals surface area (Å²) >= 11 is 7.34. The van der Waals surface area contributed by atoms with Gasteiger partial charge in [-0.25, -0.2) is 4.79 Å². The quantitative estimate of drug-likeness (QED) is 0.586. The summed E-state index contributed by atoms with van der Waals surface area (Å²) in [5, 5.41) is 2.03. The van der Waals surface area contributed by atoms with Crippen LogP contribution in [0, 0.1) is 0 Å². The zero-order valence-corrected chi connectivity index (χ0v) is 10.5. The van der Waals surface area contributed by atoms with E-state index in [1.807, 2.05) is 17.5 Å². The monoisotopic (exact) mass is 244 g/mol. The highest BCUT2D eigenvalue weighted by atomic mass is 35.5. The van der Waals surface area contributed by atoms with Crippen molar-refractivity contribution >= 4 is 35.0 Å². The molecule has 0 N–H and O–H groups in total. The molecule has 1 aromatic rings. The van der Waals surface area contributed by atoms with Gasteiger partial charge in [-0.05, 0) is 38.3 Å². The van der Waals surface area contributed by atoms with E-state index in [4.69, 9.17) is 16.3 Å². The van der Waals surface area contributed by atoms with E-state index < -0.39 is 11.6 Å². The van der Waals surface area contributed by atoms with E-state index in [9.17, 15) is 4.79 Å². The molecule has 0 saturated heterocycles. The van der Waals surface area contributed by atoms with E-state index in [2.05, 4.69) is 0 Å². The second-order valence-electron chi connectivity index (χ2n) is 4.01. The maximum atomic E-state index is 11.5. The molecule has 0 aliphatic heterocycles. The molecule has 15 heavy (non-hydrogen) atoms. The van der Waals surface area contributed by atoms with E-state index in [-0.39, 0.29) is 5.03 Å². The molecule has 0 aliphatic rings. The second kappa shape index (κ2) is 4.81. The fraction of sp³-hybridized carbons (Fsp3) is 0.364. The predicted octanol–water partition coefficient (Wildman–Crippen LogP) is 3.67. The highest BCUT2D eigenvalue weighted by molar-refractivity contribution is 7.10. The van der Waals surface area contributed by atoms with Gasteiger partial charge in [-0.2, -0.15) is 0 Å². The molecule has 0 unspecified atom stereocenters. The third kappa shape index (κ3) is 4.49. The van der Waals surface area contributed by atoms with Gasteiger partial charge in [0.15, 0.2) is 0 Å². The molecular weight excluding hydrogens is 232 g/mol. The third-order valence-corrected chi connectivity index (χ3v) is 2.49. The number of hydrogen-bond donors (Lipinski definition) is 0. The van der Waals surface area contributed by atoms with E-state index in [0.29, 0.717) is 0 Å². The van der Waals surface area contributed by atoms with Gasteiger partial charge in [0.05, 0.1) is 0 Å². The Labute approximate surface area is 98.5 Å². The molecule has 0 saturated carbocycles. The van der Waals surface area contributed by atoms with Crippen LogP contribution in [0.4, 0.5) is 0 Å². The third-order valence-electron chi connectivity index (χ3n) is 1.41. The van der Waals surface area contributed by atoms with Crippen molar-refractivity contribution in [3.05, 3.63) is 27.4 Å². The highest BCUT2D eigenvalue weighted by Crippen LogP contribution is 2.18. The molecule has 0 bridgehead atoms. The van der Waals surface area contributed by atoms with Gasteiger partial charge in [0.1, 0.15) is 10.6 Å². The zero-order valence-electron chi connectivity index (χ0n) is 8.91. The number of ether oxygens (including phenoxy) is 1. The van der Waals surface area contributed by atoms with Crippen LogP contribution in [0.2, 0.25) is 0 Å². The van der Waals surface area contributed by atoms with Crippen LogP contribution in [0.1, 0.15) is 25.6 Å². The normalized spacial score (nSPS) is 12.7. The van der Waals surface area contributed by atoms with Crippen LogP contribution in [0.25, 0.3) is 6.08 Å². The minimum atomic E-state index is -0.513. The Hall–Kier alpha value is -0.800. The summed E-state index contributed by atoms with van der Waals surface area (Å²) in [6, 6.07) is 3.78. The van der Waals surface area contributed by atoms with E-state index >= 15 is 0 Å². The molecule has 0 atom stereocenters. The smallest absolute Gasteiger partial charge is 0.350 e. The molecule has 4 heteroatoms. The summed E-state index contributed by atoms with van der Waals surface area (Å²) in [5.41, 5.74) is -0.513. The van der Waals surface area contributed by atoms with Crippen molar-refractivity contribution in [2.75, 3.05) is 0 Å². The predicted molar refractivity (Wildman–Crippen MR) is 64.0 cm³/mol. The molecule has 0 amide bonds. The standard InChI is InChI=1S/C11H13ClO2S/c1-11(2,3)14-10(13)9(12)7-8-5-4-6-15-8/h4-7H,1-3H3. The fourth-order valence-corrected chi connectivity index (χ4v) is 1.76. The first kappa shape index (κ1) is 12.3. The Morgan fingerprint density at radius 3 is 2.67 bits per heavy atom. The van der Waals surface area contributed by atoms with Crippen LogP contribution in [0.15, 0.2) is 22.5 Å². The van der Waals surface area contributed by atoms with Crippen molar-refractivity contribution in [2.24, 2.45) is 0 Å². The maximum Gasteiger partial charge on any atom is 0.350 e. The van der Waals surface area contributed by atoms with E-state index in [1.54, 1.807) is 26.8 Å². The van der Waals surface area contributed by atoms with Crippen LogP contribution in [-0.2, 0) is 9.53 Å². The van der Waals surface area contributed by atoms with Gasteiger partial charge in [-0.1, -0.05) is 17.7 Å². The topological polar surface area (TPSA) is 26.3 Å². The lowest BCUT2D eigenvalue weighted by atomic mass is 10.2. The average Bonchev–Trinajstić information content (AvgIpc) is 2.53. The summed E-state index contributed by atoms with van der Waals surface area (Å²) in [6.45, 7) is 5.42. The first-order chi connectivity index (χ1) is 6.88. The summed E-state index contributed by atoms with van der Waals surface area (Å²) in [5.74, 6) is -0.488. The van der Waals surface area contributed by atoms with Crippen molar-refractivity contribution in [3.8, 4) is 0 Å². The largest absolute Gasteiger partial charge is 0.456 e. The van der Waals surface area contributed by atoms with E-state index in [0.717, 1.165) is 4.88 Å². The summed E-state index contributed by atoms with van der Waals surface area (Å²) in [6.07, 6.45) is 1.61. The van der Waals surface area contributed by atoms with Crippen molar-refractivity contribution in [1.29, 1.82) is 0 Å². The zero-order chi connectivity index (χ0) is 11.5. The maximum absolute atomic E-state index is 11.5. The van der Waals surface area contributed by atoms with Crippen molar-refractivity contribution < 1.29 is 9.53 Å². The fourth-order valence-electron chi connectivity index (χ4n) is 0.884. The van der Waals surface area contributed by atoms with Gasteiger partial charge in [0.25, 0.3) is 0 Å². The Balaban J connectivity index is 2.69. The number of carbonyl (C=O) groups is 1. The van der Waals surface area contributed by atoms with Gasteiger partial charge in [-0.3, -0.25) is 0 Å². The van der Waals surface area contributed by atoms with Crippen LogP contribution in [0.5, 0.6) is 0 Å². The van der Waals surface area contributed by atoms with Crippen LogP contribution >= 0.6 is 22.9 Å². The molecule has 0 radical (unpaired) electrons. The SMILES string of the molecule is CC(C)(C)OC(=O)C(Cl)=Cc1cccs1. The lowest BCUT2D eigenvalue weighted by molar-refractivity contribution is -0.148. The van der Waals surface area contributed by atoms with Crippen molar-refractivity contribution in [2.45, 2.75) is 26.4 Å². The minimum Gasteiger partial charge on any atom is -0.456 e. The molecule has 1 aromatic heterocycles. The minimum absolute atomic E-state index is 0.104. The second-order valence-corrected chi connectivity index (χ2v) is 5.40. The molecule has 1 heterocycles. The number of halogens is 1. The molecule has 0 fully saturated rings. The lowest BCUT2D eigenvalue weighted by Crippen LogP contribution is -2.23.